The van der Waals surface area contributed by atoms with E-state index in [-0.39, 0.29) is 5.91 Å². The second-order valence-electron chi connectivity index (χ2n) is 6.67. The van der Waals surface area contributed by atoms with Crippen molar-refractivity contribution in [2.45, 2.75) is 32.7 Å². The highest BCUT2D eigenvalue weighted by Gasteiger charge is 2.23. The standard InChI is InChI=1S/C20H21F2N3O2/c1-12-8-17(5-6-18(12)25-7-3-4-19(25)26)24-20(27)23-13(2)14-9-15(21)11-16(22)10-14/h5-6,8-11,13H,3-4,7H2,1-2H3,(H2,23,24,27)/t13-/m0/s1. The summed E-state index contributed by atoms with van der Waals surface area (Å²) in [6.07, 6.45) is 1.40. The Morgan fingerprint density at radius 3 is 2.44 bits per heavy atom. The highest BCUT2D eigenvalue weighted by Crippen LogP contribution is 2.27. The molecule has 0 aliphatic carbocycles. The van der Waals surface area contributed by atoms with E-state index in [2.05, 4.69) is 10.6 Å². The van der Waals surface area contributed by atoms with E-state index in [4.69, 9.17) is 0 Å². The van der Waals surface area contributed by atoms with Gasteiger partial charge in [-0.05, 0) is 61.7 Å². The smallest absolute Gasteiger partial charge is 0.319 e. The molecule has 0 spiro atoms. The molecule has 0 saturated carbocycles. The first-order valence-corrected chi connectivity index (χ1v) is 8.78. The maximum atomic E-state index is 13.3. The fourth-order valence-electron chi connectivity index (χ4n) is 3.21. The molecular formula is C20H21F2N3O2. The van der Waals surface area contributed by atoms with Crippen molar-refractivity contribution in [3.63, 3.8) is 0 Å². The van der Waals surface area contributed by atoms with Gasteiger partial charge in [0.05, 0.1) is 6.04 Å². The second-order valence-corrected chi connectivity index (χ2v) is 6.67. The first kappa shape index (κ1) is 18.8. The number of nitrogens with zero attached hydrogens (tertiary/aromatic N) is 1. The SMILES string of the molecule is Cc1cc(NC(=O)N[C@@H](C)c2cc(F)cc(F)c2)ccc1N1CCCC1=O. The molecule has 2 aromatic carbocycles. The molecule has 3 rings (SSSR count). The van der Waals surface area contributed by atoms with E-state index in [1.807, 2.05) is 6.92 Å². The van der Waals surface area contributed by atoms with Crippen molar-refractivity contribution in [2.75, 3.05) is 16.8 Å². The highest BCUT2D eigenvalue weighted by molar-refractivity contribution is 5.96. The van der Waals surface area contributed by atoms with E-state index >= 15 is 0 Å². The molecule has 0 bridgehead atoms. The molecular weight excluding hydrogens is 352 g/mol. The highest BCUT2D eigenvalue weighted by atomic mass is 19.1. The number of urea groups is 1. The van der Waals surface area contributed by atoms with Gasteiger partial charge in [0.25, 0.3) is 0 Å². The Labute approximate surface area is 156 Å². The molecule has 1 aliphatic heterocycles. The van der Waals surface area contributed by atoms with Crippen LogP contribution in [0.5, 0.6) is 0 Å². The summed E-state index contributed by atoms with van der Waals surface area (Å²) < 4.78 is 26.6. The molecule has 5 nitrogen and oxygen atoms in total. The lowest BCUT2D eigenvalue weighted by Crippen LogP contribution is -2.31. The number of aryl methyl sites for hydroxylation is 1. The number of carbonyl (C=O) groups is 2. The Morgan fingerprint density at radius 2 is 1.85 bits per heavy atom. The minimum absolute atomic E-state index is 0.104. The molecule has 27 heavy (non-hydrogen) atoms. The Hall–Kier alpha value is -2.96. The van der Waals surface area contributed by atoms with Gasteiger partial charge in [-0.3, -0.25) is 4.79 Å². The van der Waals surface area contributed by atoms with Crippen LogP contribution in [-0.4, -0.2) is 18.5 Å². The number of carbonyl (C=O) groups excluding carboxylic acids is 2. The van der Waals surface area contributed by atoms with E-state index in [0.717, 1.165) is 23.7 Å². The van der Waals surface area contributed by atoms with Crippen LogP contribution >= 0.6 is 0 Å². The third-order valence-corrected chi connectivity index (χ3v) is 4.55. The van der Waals surface area contributed by atoms with Crippen LogP contribution in [0, 0.1) is 18.6 Å². The largest absolute Gasteiger partial charge is 0.331 e. The second kappa shape index (κ2) is 7.73. The number of halogens is 2. The first-order chi connectivity index (χ1) is 12.8. The van der Waals surface area contributed by atoms with E-state index in [9.17, 15) is 18.4 Å². The van der Waals surface area contributed by atoms with Crippen molar-refractivity contribution in [1.29, 1.82) is 0 Å². The fourth-order valence-corrected chi connectivity index (χ4v) is 3.21. The average Bonchev–Trinajstić information content (AvgIpc) is 3.00. The van der Waals surface area contributed by atoms with Gasteiger partial charge < -0.3 is 15.5 Å². The van der Waals surface area contributed by atoms with Gasteiger partial charge in [-0.1, -0.05) is 0 Å². The van der Waals surface area contributed by atoms with Crippen LogP contribution in [0.25, 0.3) is 0 Å². The monoisotopic (exact) mass is 373 g/mol. The molecule has 2 N–H and O–H groups in total. The lowest BCUT2D eigenvalue weighted by molar-refractivity contribution is -0.117. The summed E-state index contributed by atoms with van der Waals surface area (Å²) in [5.74, 6) is -1.28. The lowest BCUT2D eigenvalue weighted by atomic mass is 10.1. The Bertz CT molecular complexity index is 865. The maximum absolute atomic E-state index is 13.3. The third kappa shape index (κ3) is 4.42. The molecule has 142 valence electrons. The van der Waals surface area contributed by atoms with Crippen molar-refractivity contribution in [1.82, 2.24) is 5.32 Å². The van der Waals surface area contributed by atoms with Gasteiger partial charge in [-0.25, -0.2) is 13.6 Å². The van der Waals surface area contributed by atoms with Gasteiger partial charge in [0.2, 0.25) is 5.91 Å². The van der Waals surface area contributed by atoms with Gasteiger partial charge in [-0.2, -0.15) is 0 Å². The number of nitrogens with one attached hydrogen (secondary N) is 2. The average molecular weight is 373 g/mol. The van der Waals surface area contributed by atoms with Gasteiger partial charge >= 0.3 is 6.03 Å². The van der Waals surface area contributed by atoms with Crippen LogP contribution < -0.4 is 15.5 Å². The molecule has 7 heteroatoms. The molecule has 1 saturated heterocycles. The molecule has 3 amide bonds. The van der Waals surface area contributed by atoms with Crippen molar-refractivity contribution in [3.8, 4) is 0 Å². The Morgan fingerprint density at radius 1 is 1.15 bits per heavy atom. The number of hydrogen-bond donors (Lipinski definition) is 2. The summed E-state index contributed by atoms with van der Waals surface area (Å²) in [5.41, 5.74) is 2.62. The van der Waals surface area contributed by atoms with Crippen molar-refractivity contribution >= 4 is 23.3 Å². The molecule has 2 aromatic rings. The van der Waals surface area contributed by atoms with Gasteiger partial charge in [0, 0.05) is 30.4 Å². The zero-order chi connectivity index (χ0) is 19.6. The van der Waals surface area contributed by atoms with Crippen molar-refractivity contribution in [3.05, 3.63) is 59.2 Å². The van der Waals surface area contributed by atoms with Crippen LogP contribution in [0.3, 0.4) is 0 Å². The summed E-state index contributed by atoms with van der Waals surface area (Å²) in [5, 5.41) is 5.35. The normalized spacial score (nSPS) is 15.0. The van der Waals surface area contributed by atoms with E-state index in [1.165, 1.54) is 12.1 Å². The number of hydrogen-bond acceptors (Lipinski definition) is 2. The number of anilines is 2. The van der Waals surface area contributed by atoms with Crippen molar-refractivity contribution in [2.24, 2.45) is 0 Å². The molecule has 0 aromatic heterocycles. The Kier molecular flexibility index (Phi) is 5.39. The summed E-state index contributed by atoms with van der Waals surface area (Å²) in [7, 11) is 0. The van der Waals surface area contributed by atoms with Gasteiger partial charge in [0.15, 0.2) is 0 Å². The topological polar surface area (TPSA) is 61.4 Å². The molecule has 0 unspecified atom stereocenters. The predicted octanol–water partition coefficient (Wildman–Crippen LogP) is 4.28. The van der Waals surface area contributed by atoms with Crippen LogP contribution in [0.2, 0.25) is 0 Å². The molecule has 1 heterocycles. The summed E-state index contributed by atoms with van der Waals surface area (Å²) in [6.45, 7) is 4.22. The maximum Gasteiger partial charge on any atom is 0.319 e. The van der Waals surface area contributed by atoms with Gasteiger partial charge in [-0.15, -0.1) is 0 Å². The molecule has 1 fully saturated rings. The number of benzene rings is 2. The fraction of sp³-hybridized carbons (Fsp3) is 0.300. The van der Waals surface area contributed by atoms with Crippen LogP contribution in [0.1, 0.15) is 36.9 Å². The summed E-state index contributed by atoms with van der Waals surface area (Å²) in [6, 6.07) is 7.40. The summed E-state index contributed by atoms with van der Waals surface area (Å²) >= 11 is 0. The van der Waals surface area contributed by atoms with Crippen LogP contribution in [0.4, 0.5) is 25.0 Å². The third-order valence-electron chi connectivity index (χ3n) is 4.55. The predicted molar refractivity (Wildman–Crippen MR) is 99.7 cm³/mol. The minimum Gasteiger partial charge on any atom is -0.331 e. The number of rotatable bonds is 4. The Balaban J connectivity index is 1.65. The number of amides is 3. The quantitative estimate of drug-likeness (QED) is 0.840. The van der Waals surface area contributed by atoms with Crippen LogP contribution in [0.15, 0.2) is 36.4 Å². The van der Waals surface area contributed by atoms with Gasteiger partial charge in [0.1, 0.15) is 11.6 Å². The lowest BCUT2D eigenvalue weighted by Gasteiger charge is -2.20. The minimum atomic E-state index is -0.693. The molecule has 1 aliphatic rings. The molecule has 1 atom stereocenters. The van der Waals surface area contributed by atoms with Crippen molar-refractivity contribution < 1.29 is 18.4 Å². The van der Waals surface area contributed by atoms with E-state index in [0.29, 0.717) is 24.2 Å². The van der Waals surface area contributed by atoms with Crippen LogP contribution in [-0.2, 0) is 4.79 Å². The van der Waals surface area contributed by atoms with E-state index in [1.54, 1.807) is 30.0 Å². The zero-order valence-corrected chi connectivity index (χ0v) is 15.2. The van der Waals surface area contributed by atoms with E-state index < -0.39 is 23.7 Å². The zero-order valence-electron chi connectivity index (χ0n) is 15.2. The molecule has 0 radical (unpaired) electrons. The summed E-state index contributed by atoms with van der Waals surface area (Å²) in [4.78, 5) is 25.8. The first-order valence-electron chi connectivity index (χ1n) is 8.78.